The fraction of sp³-hybridized carbons (Fsp3) is 0.409. The van der Waals surface area contributed by atoms with E-state index < -0.39 is 17.5 Å². The van der Waals surface area contributed by atoms with Gasteiger partial charge in [0.1, 0.15) is 34.2 Å². The van der Waals surface area contributed by atoms with Gasteiger partial charge < -0.3 is 25.3 Å². The van der Waals surface area contributed by atoms with Crippen LogP contribution in [-0.4, -0.2) is 53.6 Å². The van der Waals surface area contributed by atoms with Crippen LogP contribution in [-0.2, 0) is 16.5 Å². The van der Waals surface area contributed by atoms with Crippen molar-refractivity contribution < 1.29 is 27.8 Å². The van der Waals surface area contributed by atoms with E-state index in [0.29, 0.717) is 30.8 Å². The Morgan fingerprint density at radius 3 is 2.71 bits per heavy atom. The summed E-state index contributed by atoms with van der Waals surface area (Å²) in [5, 5.41) is 8.52. The Morgan fingerprint density at radius 2 is 2.03 bits per heavy atom. The van der Waals surface area contributed by atoms with E-state index in [1.807, 2.05) is 0 Å². The maximum atomic E-state index is 14.4. The van der Waals surface area contributed by atoms with Gasteiger partial charge in [-0.2, -0.15) is 5.10 Å². The minimum Gasteiger partial charge on any atom is -0.497 e. The van der Waals surface area contributed by atoms with Crippen LogP contribution in [0.15, 0.2) is 23.7 Å². The lowest BCUT2D eigenvalue weighted by Crippen LogP contribution is -2.37. The lowest BCUT2D eigenvalue weighted by atomic mass is 10.0. The molecule has 182 valence electrons. The number of anilines is 1. The van der Waals surface area contributed by atoms with Crippen molar-refractivity contribution in [2.45, 2.75) is 31.1 Å². The number of nitrogens with zero attached hydrogens (tertiary/aromatic N) is 3. The molecular weight excluding hydrogens is 468 g/mol. The summed E-state index contributed by atoms with van der Waals surface area (Å²) in [6.07, 6.45) is 2.26. The molecule has 3 N–H and O–H groups in total. The Hall–Kier alpha value is -2.93. The average Bonchev–Trinajstić information content (AvgIpc) is 3.38. The van der Waals surface area contributed by atoms with E-state index in [0.717, 1.165) is 23.5 Å². The van der Waals surface area contributed by atoms with E-state index in [9.17, 15) is 13.6 Å². The van der Waals surface area contributed by atoms with Crippen molar-refractivity contribution >= 4 is 22.9 Å². The molecule has 0 spiro atoms. The number of aromatic nitrogens is 3. The largest absolute Gasteiger partial charge is 0.497 e. The zero-order chi connectivity index (χ0) is 24.4. The zero-order valence-corrected chi connectivity index (χ0v) is 19.7. The van der Waals surface area contributed by atoms with Crippen molar-refractivity contribution in [2.75, 3.05) is 26.1 Å². The van der Waals surface area contributed by atoms with E-state index in [1.165, 1.54) is 18.7 Å². The number of carbonyl (C=O) groups is 1. The van der Waals surface area contributed by atoms with Gasteiger partial charge in [-0.25, -0.2) is 13.8 Å². The standard InChI is InChI=1S/C22H25F2N5O4S/c1-29-20(17-5-4-14(25)18(32-3)9-33-17)15(8-26-29)27-21(30)16-10-34-22(28-16)19-12(23)6-11(31-2)7-13(19)24/h6-8,10,14,17-18H,4-5,9,25H2,1-3H3,(H,27,30). The van der Waals surface area contributed by atoms with E-state index in [4.69, 9.17) is 19.9 Å². The number of halogens is 2. The highest BCUT2D eigenvalue weighted by Gasteiger charge is 2.30. The first-order valence-electron chi connectivity index (χ1n) is 10.5. The third kappa shape index (κ3) is 4.80. The Balaban J connectivity index is 1.54. The van der Waals surface area contributed by atoms with Gasteiger partial charge in [0.2, 0.25) is 0 Å². The quantitative estimate of drug-likeness (QED) is 0.542. The van der Waals surface area contributed by atoms with Gasteiger partial charge in [0.05, 0.1) is 43.0 Å². The first-order chi connectivity index (χ1) is 16.3. The highest BCUT2D eigenvalue weighted by molar-refractivity contribution is 7.13. The van der Waals surface area contributed by atoms with Crippen LogP contribution in [0, 0.1) is 11.6 Å². The van der Waals surface area contributed by atoms with Gasteiger partial charge >= 0.3 is 0 Å². The third-order valence-corrected chi connectivity index (χ3v) is 6.60. The summed E-state index contributed by atoms with van der Waals surface area (Å²) >= 11 is 0.960. The molecule has 1 aliphatic heterocycles. The van der Waals surface area contributed by atoms with Gasteiger partial charge in [0.15, 0.2) is 0 Å². The van der Waals surface area contributed by atoms with E-state index >= 15 is 0 Å². The number of carbonyl (C=O) groups excluding carboxylic acids is 1. The molecule has 1 amide bonds. The van der Waals surface area contributed by atoms with Crippen LogP contribution in [0.2, 0.25) is 0 Å². The topological polar surface area (TPSA) is 114 Å². The highest BCUT2D eigenvalue weighted by atomic mass is 32.1. The fourth-order valence-electron chi connectivity index (χ4n) is 3.88. The molecule has 2 aromatic heterocycles. The maximum Gasteiger partial charge on any atom is 0.275 e. The molecule has 0 saturated carbocycles. The number of thiazole rings is 1. The summed E-state index contributed by atoms with van der Waals surface area (Å²) in [7, 11) is 4.66. The summed E-state index contributed by atoms with van der Waals surface area (Å²) in [6.45, 7) is 0.315. The van der Waals surface area contributed by atoms with Crippen molar-refractivity contribution in [3.05, 3.63) is 46.7 Å². The van der Waals surface area contributed by atoms with E-state index in [-0.39, 0.29) is 40.3 Å². The molecule has 12 heteroatoms. The molecule has 4 rings (SSSR count). The Morgan fingerprint density at radius 1 is 1.29 bits per heavy atom. The summed E-state index contributed by atoms with van der Waals surface area (Å²) < 4.78 is 46.7. The second kappa shape index (κ2) is 10.1. The number of ether oxygens (including phenoxy) is 3. The second-order valence-corrected chi connectivity index (χ2v) is 8.72. The molecule has 34 heavy (non-hydrogen) atoms. The summed E-state index contributed by atoms with van der Waals surface area (Å²) in [5.41, 5.74) is 7.00. The van der Waals surface area contributed by atoms with Gasteiger partial charge in [-0.15, -0.1) is 11.3 Å². The number of hydrogen-bond acceptors (Lipinski definition) is 8. The molecule has 3 unspecified atom stereocenters. The minimum absolute atomic E-state index is 0.0210. The summed E-state index contributed by atoms with van der Waals surface area (Å²) in [6, 6.07) is 1.97. The molecule has 1 fully saturated rings. The number of nitrogens with two attached hydrogens (primary N) is 1. The first-order valence-corrected chi connectivity index (χ1v) is 11.4. The number of rotatable bonds is 6. The van der Waals surface area contributed by atoms with Crippen LogP contribution in [0.5, 0.6) is 5.75 Å². The van der Waals surface area contributed by atoms with Crippen LogP contribution >= 0.6 is 11.3 Å². The Kier molecular flexibility index (Phi) is 7.22. The molecule has 3 heterocycles. The van der Waals surface area contributed by atoms with E-state index in [2.05, 4.69) is 15.4 Å². The number of methoxy groups -OCH3 is 2. The fourth-order valence-corrected chi connectivity index (χ4v) is 4.73. The van der Waals surface area contributed by atoms with Gasteiger partial charge in [-0.05, 0) is 12.8 Å². The average molecular weight is 494 g/mol. The molecule has 9 nitrogen and oxygen atoms in total. The van der Waals surface area contributed by atoms with Crippen molar-refractivity contribution in [2.24, 2.45) is 12.8 Å². The molecule has 1 aliphatic rings. The third-order valence-electron chi connectivity index (χ3n) is 5.74. The van der Waals surface area contributed by atoms with E-state index in [1.54, 1.807) is 18.8 Å². The molecule has 0 bridgehead atoms. The second-order valence-electron chi connectivity index (χ2n) is 7.86. The van der Waals surface area contributed by atoms with Crippen LogP contribution < -0.4 is 15.8 Å². The van der Waals surface area contributed by atoms with Crippen LogP contribution in [0.4, 0.5) is 14.5 Å². The van der Waals surface area contributed by atoms with Gasteiger partial charge in [-0.3, -0.25) is 9.48 Å². The molecule has 1 aromatic carbocycles. The Labute approximate surface area is 198 Å². The van der Waals surface area contributed by atoms with Crippen LogP contribution in [0.3, 0.4) is 0 Å². The predicted molar refractivity (Wildman–Crippen MR) is 122 cm³/mol. The van der Waals surface area contributed by atoms with Crippen molar-refractivity contribution in [1.82, 2.24) is 14.8 Å². The molecule has 1 saturated heterocycles. The Bertz CT molecular complexity index is 1160. The lowest BCUT2D eigenvalue weighted by Gasteiger charge is -2.19. The lowest BCUT2D eigenvalue weighted by molar-refractivity contribution is -0.0211. The maximum absolute atomic E-state index is 14.4. The number of amides is 1. The highest BCUT2D eigenvalue weighted by Crippen LogP contribution is 2.34. The first kappa shape index (κ1) is 24.2. The van der Waals surface area contributed by atoms with Crippen LogP contribution in [0.1, 0.15) is 35.1 Å². The van der Waals surface area contributed by atoms with Gasteiger partial charge in [0, 0.05) is 37.7 Å². The number of aryl methyl sites for hydroxylation is 1. The molecule has 0 aliphatic carbocycles. The van der Waals surface area contributed by atoms with Gasteiger partial charge in [-0.1, -0.05) is 0 Å². The van der Waals surface area contributed by atoms with Crippen LogP contribution in [0.25, 0.3) is 10.6 Å². The number of nitrogens with one attached hydrogen (secondary N) is 1. The monoisotopic (exact) mass is 493 g/mol. The summed E-state index contributed by atoms with van der Waals surface area (Å²) in [4.78, 5) is 17.0. The normalized spacial score (nSPS) is 20.7. The predicted octanol–water partition coefficient (Wildman–Crippen LogP) is 3.28. The number of hydrogen-bond donors (Lipinski definition) is 2. The molecule has 0 radical (unpaired) electrons. The summed E-state index contributed by atoms with van der Waals surface area (Å²) in [5.74, 6) is -2.14. The van der Waals surface area contributed by atoms with Crippen molar-refractivity contribution in [3.8, 4) is 16.3 Å². The van der Waals surface area contributed by atoms with Gasteiger partial charge in [0.25, 0.3) is 5.91 Å². The van der Waals surface area contributed by atoms with Crippen molar-refractivity contribution in [3.63, 3.8) is 0 Å². The molecular formula is C22H25F2N5O4S. The smallest absolute Gasteiger partial charge is 0.275 e. The molecule has 3 atom stereocenters. The number of benzene rings is 1. The SMILES string of the molecule is COc1cc(F)c(-c2nc(C(=O)Nc3cnn(C)c3C3CCC(N)C(OC)CO3)cs2)c(F)c1. The molecule has 3 aromatic rings. The minimum atomic E-state index is -0.828. The zero-order valence-electron chi connectivity index (χ0n) is 18.9. The van der Waals surface area contributed by atoms with Crippen molar-refractivity contribution in [1.29, 1.82) is 0 Å².